The Morgan fingerprint density at radius 2 is 1.90 bits per heavy atom. The molecule has 1 unspecified atom stereocenters. The number of likely N-dealkylation sites (tertiary alicyclic amines) is 1. The van der Waals surface area contributed by atoms with Crippen molar-refractivity contribution in [1.29, 1.82) is 0 Å². The third-order valence-corrected chi connectivity index (χ3v) is 5.30. The molecule has 0 radical (unpaired) electrons. The number of nitrogens with one attached hydrogen (secondary N) is 1. The molecule has 1 aliphatic rings. The Bertz CT molecular complexity index is 1100. The van der Waals surface area contributed by atoms with E-state index in [1.807, 2.05) is 24.3 Å². The first kappa shape index (κ1) is 20.7. The van der Waals surface area contributed by atoms with E-state index in [1.54, 1.807) is 18.3 Å². The summed E-state index contributed by atoms with van der Waals surface area (Å²) in [7, 11) is 0. The summed E-state index contributed by atoms with van der Waals surface area (Å²) in [5.41, 5.74) is 1.37. The summed E-state index contributed by atoms with van der Waals surface area (Å²) in [4.78, 5) is 31.7. The number of pyridine rings is 1. The summed E-state index contributed by atoms with van der Waals surface area (Å²) in [5, 5.41) is 3.84. The van der Waals surface area contributed by atoms with Crippen LogP contribution >= 0.6 is 0 Å². The third-order valence-electron chi connectivity index (χ3n) is 5.30. The average molecular weight is 425 g/mol. The molecule has 31 heavy (non-hydrogen) atoms. The maximum absolute atomic E-state index is 13.0. The van der Waals surface area contributed by atoms with Gasteiger partial charge in [-0.15, -0.1) is 0 Å². The summed E-state index contributed by atoms with van der Waals surface area (Å²) in [5.74, 6) is -1.22. The smallest absolute Gasteiger partial charge is 0.387 e. The lowest BCUT2D eigenvalue weighted by atomic mass is 9.96. The number of alkyl halides is 2. The van der Waals surface area contributed by atoms with Gasteiger partial charge in [-0.25, -0.2) is 0 Å². The standard InChI is InChI=1S/C23H21F2N3O3/c24-23(25)31-19-11-2-1-9-17(19)22(30)28-13-5-8-16(14-28)21(29)27-18-10-3-6-15-7-4-12-26-20(15)18/h1-4,6-7,9-12,16,23H,5,8,13-14H2,(H,27,29). The van der Waals surface area contributed by atoms with E-state index >= 15 is 0 Å². The molecular formula is C23H21F2N3O3. The highest BCUT2D eigenvalue weighted by Gasteiger charge is 2.30. The van der Waals surface area contributed by atoms with Crippen molar-refractivity contribution in [2.24, 2.45) is 5.92 Å². The number of hydrogen-bond donors (Lipinski definition) is 1. The summed E-state index contributed by atoms with van der Waals surface area (Å²) < 4.78 is 29.9. The van der Waals surface area contributed by atoms with Gasteiger partial charge in [-0.2, -0.15) is 8.78 Å². The molecule has 3 aromatic rings. The van der Waals surface area contributed by atoms with Crippen molar-refractivity contribution in [2.75, 3.05) is 18.4 Å². The Kier molecular flexibility index (Phi) is 6.06. The Morgan fingerprint density at radius 1 is 1.10 bits per heavy atom. The second kappa shape index (κ2) is 9.07. The van der Waals surface area contributed by atoms with E-state index in [9.17, 15) is 18.4 Å². The van der Waals surface area contributed by atoms with Crippen LogP contribution in [0.2, 0.25) is 0 Å². The first-order valence-electron chi connectivity index (χ1n) is 10.0. The minimum Gasteiger partial charge on any atom is -0.434 e. The van der Waals surface area contributed by atoms with Crippen LogP contribution in [0.25, 0.3) is 10.9 Å². The molecule has 160 valence electrons. The molecule has 1 saturated heterocycles. The Balaban J connectivity index is 1.48. The molecule has 0 spiro atoms. The monoisotopic (exact) mass is 425 g/mol. The number of carbonyl (C=O) groups excluding carboxylic acids is 2. The van der Waals surface area contributed by atoms with Crippen molar-refractivity contribution in [1.82, 2.24) is 9.88 Å². The Hall–Kier alpha value is -3.55. The number of rotatable bonds is 5. The van der Waals surface area contributed by atoms with Crippen LogP contribution in [-0.2, 0) is 4.79 Å². The zero-order valence-corrected chi connectivity index (χ0v) is 16.6. The number of fused-ring (bicyclic) bond motifs is 1. The van der Waals surface area contributed by atoms with Crippen molar-refractivity contribution < 1.29 is 23.1 Å². The van der Waals surface area contributed by atoms with Crippen LogP contribution in [0.3, 0.4) is 0 Å². The van der Waals surface area contributed by atoms with Gasteiger partial charge in [0.1, 0.15) is 5.75 Å². The van der Waals surface area contributed by atoms with E-state index < -0.39 is 18.4 Å². The third kappa shape index (κ3) is 4.63. The van der Waals surface area contributed by atoms with Crippen molar-refractivity contribution in [3.8, 4) is 5.75 Å². The highest BCUT2D eigenvalue weighted by molar-refractivity contribution is 6.02. The van der Waals surface area contributed by atoms with Crippen LogP contribution in [-0.4, -0.2) is 41.4 Å². The molecule has 1 fully saturated rings. The molecule has 0 bridgehead atoms. The molecule has 1 aliphatic heterocycles. The van der Waals surface area contributed by atoms with Gasteiger partial charge in [0.05, 0.1) is 22.7 Å². The van der Waals surface area contributed by atoms with Crippen LogP contribution in [0, 0.1) is 5.92 Å². The second-order valence-corrected chi connectivity index (χ2v) is 7.33. The van der Waals surface area contributed by atoms with Crippen LogP contribution in [0.5, 0.6) is 5.75 Å². The molecular weight excluding hydrogens is 404 g/mol. The second-order valence-electron chi connectivity index (χ2n) is 7.33. The number of aromatic nitrogens is 1. The molecule has 6 nitrogen and oxygen atoms in total. The van der Waals surface area contributed by atoms with E-state index in [0.29, 0.717) is 30.6 Å². The molecule has 2 heterocycles. The van der Waals surface area contributed by atoms with E-state index in [2.05, 4.69) is 15.0 Å². The Morgan fingerprint density at radius 3 is 2.74 bits per heavy atom. The number of nitrogens with zero attached hydrogens (tertiary/aromatic N) is 2. The molecule has 1 N–H and O–H groups in total. The zero-order chi connectivity index (χ0) is 21.8. The van der Waals surface area contributed by atoms with Crippen LogP contribution in [0.1, 0.15) is 23.2 Å². The van der Waals surface area contributed by atoms with Gasteiger partial charge in [0.25, 0.3) is 5.91 Å². The molecule has 0 saturated carbocycles. The summed E-state index contributed by atoms with van der Waals surface area (Å²) >= 11 is 0. The SMILES string of the molecule is O=C(Nc1cccc2cccnc12)C1CCCN(C(=O)c2ccccc2OC(F)F)C1. The predicted octanol–water partition coefficient (Wildman–Crippen LogP) is 4.33. The number of hydrogen-bond acceptors (Lipinski definition) is 4. The van der Waals surface area contributed by atoms with Crippen LogP contribution in [0.15, 0.2) is 60.8 Å². The lowest BCUT2D eigenvalue weighted by molar-refractivity contribution is -0.121. The fourth-order valence-corrected chi connectivity index (χ4v) is 3.83. The van der Waals surface area contributed by atoms with Gasteiger partial charge in [0.15, 0.2) is 0 Å². The maximum atomic E-state index is 13.0. The van der Waals surface area contributed by atoms with Gasteiger partial charge >= 0.3 is 6.61 Å². The van der Waals surface area contributed by atoms with Crippen LogP contribution in [0.4, 0.5) is 14.5 Å². The highest BCUT2D eigenvalue weighted by Crippen LogP contribution is 2.27. The molecule has 1 aromatic heterocycles. The quantitative estimate of drug-likeness (QED) is 0.661. The number of amides is 2. The Labute approximate surface area is 177 Å². The lowest BCUT2D eigenvalue weighted by Crippen LogP contribution is -2.43. The fraction of sp³-hybridized carbons (Fsp3) is 0.261. The van der Waals surface area contributed by atoms with Gasteiger partial charge in [-0.3, -0.25) is 14.6 Å². The van der Waals surface area contributed by atoms with E-state index in [0.717, 1.165) is 5.39 Å². The summed E-state index contributed by atoms with van der Waals surface area (Å²) in [6.45, 7) is -2.38. The largest absolute Gasteiger partial charge is 0.434 e. The minimum absolute atomic E-state index is 0.0575. The highest BCUT2D eigenvalue weighted by atomic mass is 19.3. The molecule has 1 atom stereocenters. The van der Waals surface area contributed by atoms with E-state index in [4.69, 9.17) is 0 Å². The number of para-hydroxylation sites is 2. The van der Waals surface area contributed by atoms with Gasteiger partial charge in [-0.05, 0) is 37.1 Å². The number of carbonyl (C=O) groups is 2. The average Bonchev–Trinajstić information content (AvgIpc) is 2.79. The number of ether oxygens (including phenoxy) is 1. The van der Waals surface area contributed by atoms with Crippen molar-refractivity contribution in [3.05, 3.63) is 66.4 Å². The fourth-order valence-electron chi connectivity index (χ4n) is 3.83. The predicted molar refractivity (Wildman–Crippen MR) is 112 cm³/mol. The first-order valence-corrected chi connectivity index (χ1v) is 10.0. The maximum Gasteiger partial charge on any atom is 0.387 e. The minimum atomic E-state index is -3.02. The van der Waals surface area contributed by atoms with Gasteiger partial charge in [-0.1, -0.05) is 30.3 Å². The van der Waals surface area contributed by atoms with E-state index in [1.165, 1.54) is 23.1 Å². The lowest BCUT2D eigenvalue weighted by Gasteiger charge is -2.32. The van der Waals surface area contributed by atoms with Gasteiger partial charge < -0.3 is 15.0 Å². The van der Waals surface area contributed by atoms with Crippen molar-refractivity contribution in [2.45, 2.75) is 19.5 Å². The topological polar surface area (TPSA) is 71.5 Å². The number of halogens is 2. The molecule has 2 amide bonds. The first-order chi connectivity index (χ1) is 15.0. The number of benzene rings is 2. The normalized spacial score (nSPS) is 16.4. The van der Waals surface area contributed by atoms with Crippen molar-refractivity contribution >= 4 is 28.4 Å². The van der Waals surface area contributed by atoms with Gasteiger partial charge in [0.2, 0.25) is 5.91 Å². The molecule has 4 rings (SSSR count). The molecule has 2 aromatic carbocycles. The number of piperidine rings is 1. The van der Waals surface area contributed by atoms with Crippen molar-refractivity contribution in [3.63, 3.8) is 0 Å². The van der Waals surface area contributed by atoms with Crippen LogP contribution < -0.4 is 10.1 Å². The number of anilines is 1. The molecule has 0 aliphatic carbocycles. The summed E-state index contributed by atoms with van der Waals surface area (Å²) in [6.07, 6.45) is 2.93. The zero-order valence-electron chi connectivity index (χ0n) is 16.6. The molecule has 8 heteroatoms. The van der Waals surface area contributed by atoms with E-state index in [-0.39, 0.29) is 23.8 Å². The summed E-state index contributed by atoms with van der Waals surface area (Å²) in [6, 6.07) is 15.2. The van der Waals surface area contributed by atoms with Gasteiger partial charge in [0, 0.05) is 24.7 Å².